The number of tetrazole rings is 1. The van der Waals surface area contributed by atoms with Crippen molar-refractivity contribution < 1.29 is 13.2 Å². The summed E-state index contributed by atoms with van der Waals surface area (Å²) in [5.74, 6) is 1.09. The van der Waals surface area contributed by atoms with E-state index in [0.717, 1.165) is 50.5 Å². The molecule has 0 radical (unpaired) electrons. The molecule has 12 heteroatoms. The van der Waals surface area contributed by atoms with Crippen molar-refractivity contribution in [2.24, 2.45) is 0 Å². The first-order valence-electron chi connectivity index (χ1n) is 9.82. The predicted molar refractivity (Wildman–Crippen MR) is 119 cm³/mol. The Hall–Kier alpha value is -2.47. The van der Waals surface area contributed by atoms with E-state index in [1.54, 1.807) is 12.1 Å². The molecule has 0 saturated carbocycles. The summed E-state index contributed by atoms with van der Waals surface area (Å²) in [7, 11) is 0. The van der Waals surface area contributed by atoms with E-state index in [9.17, 15) is 13.2 Å². The maximum atomic E-state index is 13.6. The van der Waals surface area contributed by atoms with Crippen LogP contribution in [0.4, 0.5) is 13.2 Å². The van der Waals surface area contributed by atoms with E-state index in [-0.39, 0.29) is 11.5 Å². The number of hydrogen-bond acceptors (Lipinski definition) is 4. The third kappa shape index (κ3) is 4.51. The predicted octanol–water partition coefficient (Wildman–Crippen LogP) is 5.79. The van der Waals surface area contributed by atoms with Gasteiger partial charge in [0.1, 0.15) is 20.7 Å². The highest BCUT2D eigenvalue weighted by atomic mass is 79.9. The molecule has 3 aromatic heterocycles. The normalized spacial score (nSPS) is 11.9. The highest BCUT2D eigenvalue weighted by Gasteiger charge is 2.36. The largest absolute Gasteiger partial charge is 0.431 e. The van der Waals surface area contributed by atoms with Gasteiger partial charge in [0, 0.05) is 18.7 Å². The Kier molecular flexibility index (Phi) is 6.52. The zero-order chi connectivity index (χ0) is 22.9. The molecule has 0 aliphatic heterocycles. The summed E-state index contributed by atoms with van der Waals surface area (Å²) >= 11 is 7.02. The lowest BCUT2D eigenvalue weighted by atomic mass is 10.2. The second kappa shape index (κ2) is 9.18. The Bertz CT molecular complexity index is 1200. The molecular formula is C20H18Br2F3N7. The van der Waals surface area contributed by atoms with Crippen LogP contribution >= 0.6 is 31.9 Å². The summed E-state index contributed by atoms with van der Waals surface area (Å²) < 4.78 is 45.7. The fourth-order valence-corrected chi connectivity index (χ4v) is 4.29. The van der Waals surface area contributed by atoms with Crippen LogP contribution in [0.5, 0.6) is 0 Å². The van der Waals surface area contributed by atoms with Gasteiger partial charge in [-0.15, -0.1) is 5.10 Å². The minimum atomic E-state index is -4.54. The van der Waals surface area contributed by atoms with Crippen LogP contribution in [-0.2, 0) is 19.1 Å². The van der Waals surface area contributed by atoms with Crippen molar-refractivity contribution in [3.63, 3.8) is 0 Å². The molecule has 7 nitrogen and oxygen atoms in total. The summed E-state index contributed by atoms with van der Waals surface area (Å²) in [6.07, 6.45) is -1.63. The minimum absolute atomic E-state index is 0.150. The van der Waals surface area contributed by atoms with Crippen LogP contribution in [0, 0.1) is 0 Å². The van der Waals surface area contributed by atoms with Gasteiger partial charge in [-0.05, 0) is 78.5 Å². The highest BCUT2D eigenvalue weighted by Crippen LogP contribution is 2.35. The first kappa shape index (κ1) is 22.7. The van der Waals surface area contributed by atoms with Gasteiger partial charge in [0.05, 0.1) is 5.69 Å². The number of hydrogen-bond donors (Lipinski definition) is 1. The van der Waals surface area contributed by atoms with Gasteiger partial charge >= 0.3 is 6.18 Å². The zero-order valence-electron chi connectivity index (χ0n) is 16.9. The lowest BCUT2D eigenvalue weighted by Crippen LogP contribution is -2.13. The Morgan fingerprint density at radius 2 is 1.81 bits per heavy atom. The molecule has 4 aromatic rings. The number of aromatic amines is 1. The number of nitrogens with one attached hydrogen (secondary N) is 1. The number of aromatic nitrogens is 7. The molecule has 0 aliphatic carbocycles. The van der Waals surface area contributed by atoms with Gasteiger partial charge < -0.3 is 9.13 Å². The number of halogens is 5. The quantitative estimate of drug-likeness (QED) is 0.304. The highest BCUT2D eigenvalue weighted by molar-refractivity contribution is 9.13. The molecule has 0 bridgehead atoms. The SMILES string of the molecule is CCCCc1nc(Br)c(Br)n1Cc1ccc(-n2c(-c3nnn[nH]3)ccc2C(F)(F)F)cc1. The van der Waals surface area contributed by atoms with Crippen LogP contribution < -0.4 is 0 Å². The van der Waals surface area contributed by atoms with Crippen molar-refractivity contribution in [2.45, 2.75) is 38.9 Å². The monoisotopic (exact) mass is 571 g/mol. The third-order valence-corrected chi connectivity index (χ3v) is 6.88. The van der Waals surface area contributed by atoms with Gasteiger partial charge in [-0.3, -0.25) is 0 Å². The number of imidazole rings is 1. The molecule has 0 atom stereocenters. The fraction of sp³-hybridized carbons (Fsp3) is 0.300. The van der Waals surface area contributed by atoms with Gasteiger partial charge in [-0.1, -0.05) is 25.5 Å². The number of alkyl halides is 3. The number of unbranched alkanes of at least 4 members (excludes halogenated alkanes) is 1. The zero-order valence-corrected chi connectivity index (χ0v) is 20.0. The molecule has 4 rings (SSSR count). The van der Waals surface area contributed by atoms with Crippen molar-refractivity contribution in [3.05, 3.63) is 62.7 Å². The van der Waals surface area contributed by atoms with E-state index >= 15 is 0 Å². The van der Waals surface area contributed by atoms with E-state index < -0.39 is 11.9 Å². The maximum absolute atomic E-state index is 13.6. The maximum Gasteiger partial charge on any atom is 0.431 e. The molecule has 0 spiro atoms. The number of H-pyrrole nitrogens is 1. The molecule has 0 unspecified atom stereocenters. The van der Waals surface area contributed by atoms with Crippen LogP contribution in [0.3, 0.4) is 0 Å². The molecule has 0 aliphatic rings. The van der Waals surface area contributed by atoms with Gasteiger partial charge in [-0.2, -0.15) is 13.2 Å². The first-order valence-corrected chi connectivity index (χ1v) is 11.4. The van der Waals surface area contributed by atoms with Crippen LogP contribution in [0.1, 0.15) is 36.8 Å². The standard InChI is InChI=1S/C20H18Br2F3N7/c1-2-3-4-16-26-17(21)18(22)31(16)11-12-5-7-13(8-6-12)32-14(19-27-29-30-28-19)9-10-15(32)20(23,24)25/h5-10H,2-4,11H2,1H3,(H,27,28,29,30). The average molecular weight is 573 g/mol. The molecule has 32 heavy (non-hydrogen) atoms. The average Bonchev–Trinajstić information content (AvgIpc) is 3.48. The van der Waals surface area contributed by atoms with Gasteiger partial charge in [-0.25, -0.2) is 10.1 Å². The summed E-state index contributed by atoms with van der Waals surface area (Å²) in [5, 5.41) is 13.2. The molecule has 3 heterocycles. The molecule has 0 fully saturated rings. The lowest BCUT2D eigenvalue weighted by molar-refractivity contribution is -0.142. The van der Waals surface area contributed by atoms with Crippen LogP contribution in [0.15, 0.2) is 45.6 Å². The number of rotatable bonds is 7. The number of nitrogens with zero attached hydrogens (tertiary/aromatic N) is 6. The number of aryl methyl sites for hydroxylation is 1. The van der Waals surface area contributed by atoms with Crippen molar-refractivity contribution >= 4 is 31.9 Å². The summed E-state index contributed by atoms with van der Waals surface area (Å²) in [4.78, 5) is 4.56. The molecule has 0 saturated heterocycles. The van der Waals surface area contributed by atoms with Crippen LogP contribution in [0.25, 0.3) is 17.2 Å². The molecule has 1 N–H and O–H groups in total. The van der Waals surface area contributed by atoms with E-state index in [4.69, 9.17) is 0 Å². The van der Waals surface area contributed by atoms with Crippen molar-refractivity contribution in [2.75, 3.05) is 0 Å². The first-order chi connectivity index (χ1) is 15.3. The molecular weight excluding hydrogens is 555 g/mol. The Balaban J connectivity index is 1.68. The van der Waals surface area contributed by atoms with Crippen molar-refractivity contribution in [1.29, 1.82) is 0 Å². The second-order valence-corrected chi connectivity index (χ2v) is 8.65. The molecule has 1 aromatic carbocycles. The smallest absolute Gasteiger partial charge is 0.317 e. The van der Waals surface area contributed by atoms with Crippen molar-refractivity contribution in [1.82, 2.24) is 34.7 Å². The third-order valence-electron chi connectivity index (χ3n) is 4.99. The Morgan fingerprint density at radius 1 is 1.06 bits per heavy atom. The van der Waals surface area contributed by atoms with Crippen LogP contribution in [0.2, 0.25) is 0 Å². The van der Waals surface area contributed by atoms with E-state index in [2.05, 4.69) is 69.0 Å². The van der Waals surface area contributed by atoms with Crippen LogP contribution in [-0.4, -0.2) is 34.7 Å². The Morgan fingerprint density at radius 3 is 2.44 bits per heavy atom. The summed E-state index contributed by atoms with van der Waals surface area (Å²) in [6.45, 7) is 2.66. The van der Waals surface area contributed by atoms with Gasteiger partial charge in [0.25, 0.3) is 0 Å². The lowest BCUT2D eigenvalue weighted by Gasteiger charge is -2.15. The molecule has 0 amide bonds. The topological polar surface area (TPSA) is 77.2 Å². The summed E-state index contributed by atoms with van der Waals surface area (Å²) in [5.41, 5.74) is 0.702. The minimum Gasteiger partial charge on any atom is -0.317 e. The second-order valence-electron chi connectivity index (χ2n) is 7.15. The van der Waals surface area contributed by atoms with E-state index in [1.807, 2.05) is 12.1 Å². The fourth-order valence-electron chi connectivity index (χ4n) is 3.45. The summed E-state index contributed by atoms with van der Waals surface area (Å²) in [6, 6.07) is 9.29. The number of benzene rings is 1. The molecule has 168 valence electrons. The van der Waals surface area contributed by atoms with Crippen molar-refractivity contribution in [3.8, 4) is 17.2 Å². The van der Waals surface area contributed by atoms with Gasteiger partial charge in [0.15, 0.2) is 5.82 Å². The Labute approximate surface area is 198 Å². The van der Waals surface area contributed by atoms with E-state index in [0.29, 0.717) is 12.2 Å². The van der Waals surface area contributed by atoms with Gasteiger partial charge in [0.2, 0.25) is 0 Å². The van der Waals surface area contributed by atoms with E-state index in [1.165, 1.54) is 6.07 Å².